The smallest absolute Gasteiger partial charge is 0.165 e. The van der Waals surface area contributed by atoms with E-state index < -0.39 is 0 Å². The van der Waals surface area contributed by atoms with Crippen LogP contribution in [0, 0.1) is 5.82 Å². The number of halogens is 2. The van der Waals surface area contributed by atoms with Gasteiger partial charge in [0.15, 0.2) is 11.6 Å². The molecule has 2 aromatic carbocycles. The van der Waals surface area contributed by atoms with Crippen molar-refractivity contribution in [2.45, 2.75) is 13.2 Å². The molecule has 5 heteroatoms. The van der Waals surface area contributed by atoms with Crippen LogP contribution in [0.15, 0.2) is 40.9 Å². The van der Waals surface area contributed by atoms with Gasteiger partial charge in [0.25, 0.3) is 0 Å². The molecular weight excluding hydrogens is 337 g/mol. The first-order valence-corrected chi connectivity index (χ1v) is 7.31. The van der Waals surface area contributed by atoms with Crippen molar-refractivity contribution in [2.24, 2.45) is 0 Å². The summed E-state index contributed by atoms with van der Waals surface area (Å²) in [6.07, 6.45) is 0. The first kappa shape index (κ1) is 15.8. The summed E-state index contributed by atoms with van der Waals surface area (Å²) < 4.78 is 25.1. The van der Waals surface area contributed by atoms with Crippen LogP contribution in [0.4, 0.5) is 4.39 Å². The second-order valence-electron chi connectivity index (χ2n) is 4.55. The zero-order valence-electron chi connectivity index (χ0n) is 12.0. The molecule has 0 atom stereocenters. The number of hydrogen-bond acceptors (Lipinski definition) is 3. The van der Waals surface area contributed by atoms with Gasteiger partial charge in [0.05, 0.1) is 11.6 Å². The van der Waals surface area contributed by atoms with E-state index in [2.05, 4.69) is 21.2 Å². The molecule has 0 fully saturated rings. The van der Waals surface area contributed by atoms with Crippen LogP contribution >= 0.6 is 15.9 Å². The third kappa shape index (κ3) is 4.19. The highest BCUT2D eigenvalue weighted by Gasteiger charge is 2.06. The molecule has 1 N–H and O–H groups in total. The predicted octanol–water partition coefficient (Wildman–Crippen LogP) is 3.90. The van der Waals surface area contributed by atoms with Crippen LogP contribution in [0.1, 0.15) is 11.1 Å². The SMILES string of the molecule is CNCc1ccc(OCc2ccc(OC)c(F)c2)c(Br)c1. The maximum absolute atomic E-state index is 13.6. The largest absolute Gasteiger partial charge is 0.494 e. The molecule has 0 aliphatic heterocycles. The molecule has 112 valence electrons. The van der Waals surface area contributed by atoms with Gasteiger partial charge in [-0.3, -0.25) is 0 Å². The minimum atomic E-state index is -0.387. The number of hydrogen-bond donors (Lipinski definition) is 1. The molecule has 0 saturated carbocycles. The molecule has 0 saturated heterocycles. The van der Waals surface area contributed by atoms with Gasteiger partial charge in [0.1, 0.15) is 12.4 Å². The second kappa shape index (κ2) is 7.43. The van der Waals surface area contributed by atoms with E-state index in [1.807, 2.05) is 25.2 Å². The topological polar surface area (TPSA) is 30.5 Å². The predicted molar refractivity (Wildman–Crippen MR) is 84.2 cm³/mol. The molecule has 0 bridgehead atoms. The zero-order valence-corrected chi connectivity index (χ0v) is 13.5. The summed E-state index contributed by atoms with van der Waals surface area (Å²) in [6.45, 7) is 1.09. The Bertz CT molecular complexity index is 619. The van der Waals surface area contributed by atoms with Gasteiger partial charge in [-0.25, -0.2) is 4.39 Å². The van der Waals surface area contributed by atoms with Gasteiger partial charge in [-0.1, -0.05) is 12.1 Å². The zero-order chi connectivity index (χ0) is 15.2. The van der Waals surface area contributed by atoms with E-state index in [0.717, 1.165) is 27.9 Å². The van der Waals surface area contributed by atoms with Gasteiger partial charge in [-0.15, -0.1) is 0 Å². The first-order chi connectivity index (χ1) is 10.1. The van der Waals surface area contributed by atoms with Crippen LogP contribution in [0.2, 0.25) is 0 Å². The number of benzene rings is 2. The van der Waals surface area contributed by atoms with Crippen LogP contribution in [-0.4, -0.2) is 14.2 Å². The quantitative estimate of drug-likeness (QED) is 0.854. The molecule has 2 rings (SSSR count). The molecule has 3 nitrogen and oxygen atoms in total. The average molecular weight is 354 g/mol. The molecule has 0 unspecified atom stereocenters. The summed E-state index contributed by atoms with van der Waals surface area (Å²) in [5, 5.41) is 3.09. The Balaban J connectivity index is 2.04. The Kier molecular flexibility index (Phi) is 5.59. The lowest BCUT2D eigenvalue weighted by Gasteiger charge is -2.10. The molecular formula is C16H17BrFNO2. The van der Waals surface area contributed by atoms with Crippen LogP contribution in [0.3, 0.4) is 0 Å². The van der Waals surface area contributed by atoms with Gasteiger partial charge < -0.3 is 14.8 Å². The highest BCUT2D eigenvalue weighted by atomic mass is 79.9. The minimum Gasteiger partial charge on any atom is -0.494 e. The fourth-order valence-corrected chi connectivity index (χ4v) is 2.48. The van der Waals surface area contributed by atoms with Crippen molar-refractivity contribution < 1.29 is 13.9 Å². The van der Waals surface area contributed by atoms with Gasteiger partial charge in [0.2, 0.25) is 0 Å². The number of ether oxygens (including phenoxy) is 2. The van der Waals surface area contributed by atoms with Crippen LogP contribution in [-0.2, 0) is 13.2 Å². The van der Waals surface area contributed by atoms with E-state index in [9.17, 15) is 4.39 Å². The van der Waals surface area contributed by atoms with Crippen molar-refractivity contribution in [1.82, 2.24) is 5.32 Å². The summed E-state index contributed by atoms with van der Waals surface area (Å²) in [7, 11) is 3.34. The lowest BCUT2D eigenvalue weighted by molar-refractivity contribution is 0.302. The number of methoxy groups -OCH3 is 1. The highest BCUT2D eigenvalue weighted by Crippen LogP contribution is 2.27. The van der Waals surface area contributed by atoms with Crippen molar-refractivity contribution in [3.63, 3.8) is 0 Å². The third-order valence-corrected chi connectivity index (χ3v) is 3.61. The molecule has 0 aliphatic rings. The van der Waals surface area contributed by atoms with Gasteiger partial charge in [-0.05, 0) is 58.4 Å². The lowest BCUT2D eigenvalue weighted by atomic mass is 10.2. The van der Waals surface area contributed by atoms with E-state index >= 15 is 0 Å². The molecule has 2 aromatic rings. The van der Waals surface area contributed by atoms with Crippen molar-refractivity contribution in [3.05, 3.63) is 57.8 Å². The monoisotopic (exact) mass is 353 g/mol. The third-order valence-electron chi connectivity index (χ3n) is 2.99. The Morgan fingerprint density at radius 2 is 1.81 bits per heavy atom. The molecule has 21 heavy (non-hydrogen) atoms. The Labute approximate surface area is 132 Å². The first-order valence-electron chi connectivity index (χ1n) is 6.52. The van der Waals surface area contributed by atoms with Crippen molar-refractivity contribution >= 4 is 15.9 Å². The molecule has 0 radical (unpaired) electrons. The summed E-state index contributed by atoms with van der Waals surface area (Å²) in [5.74, 6) is 0.574. The lowest BCUT2D eigenvalue weighted by Crippen LogP contribution is -2.05. The molecule has 0 amide bonds. The summed E-state index contributed by atoms with van der Waals surface area (Å²) in [5.41, 5.74) is 1.91. The van der Waals surface area contributed by atoms with Crippen molar-refractivity contribution in [3.8, 4) is 11.5 Å². The van der Waals surface area contributed by atoms with E-state index in [-0.39, 0.29) is 11.6 Å². The Hall–Kier alpha value is -1.59. The molecule has 0 heterocycles. The molecule has 0 spiro atoms. The summed E-state index contributed by atoms with van der Waals surface area (Å²) in [4.78, 5) is 0. The van der Waals surface area contributed by atoms with E-state index in [0.29, 0.717) is 6.61 Å². The number of rotatable bonds is 6. The maximum atomic E-state index is 13.6. The van der Waals surface area contributed by atoms with Crippen molar-refractivity contribution in [2.75, 3.05) is 14.2 Å². The fraction of sp³-hybridized carbons (Fsp3) is 0.250. The Morgan fingerprint density at radius 3 is 2.43 bits per heavy atom. The van der Waals surface area contributed by atoms with Crippen molar-refractivity contribution in [1.29, 1.82) is 0 Å². The van der Waals surface area contributed by atoms with E-state index in [4.69, 9.17) is 9.47 Å². The van der Waals surface area contributed by atoms with Gasteiger partial charge >= 0.3 is 0 Å². The standard InChI is InChI=1S/C16H17BrFNO2/c1-19-9-11-3-5-15(13(17)7-11)21-10-12-4-6-16(20-2)14(18)8-12/h3-8,19H,9-10H2,1-2H3. The van der Waals surface area contributed by atoms with Gasteiger partial charge in [0, 0.05) is 6.54 Å². The summed E-state index contributed by atoms with van der Waals surface area (Å²) in [6, 6.07) is 10.7. The van der Waals surface area contributed by atoms with Crippen LogP contribution in [0.25, 0.3) is 0 Å². The number of nitrogens with one attached hydrogen (secondary N) is 1. The van der Waals surface area contributed by atoms with E-state index in [1.54, 1.807) is 12.1 Å². The minimum absolute atomic E-state index is 0.233. The van der Waals surface area contributed by atoms with E-state index in [1.165, 1.54) is 13.2 Å². The average Bonchev–Trinajstić information content (AvgIpc) is 2.47. The van der Waals surface area contributed by atoms with Crippen LogP contribution in [0.5, 0.6) is 11.5 Å². The van der Waals surface area contributed by atoms with Crippen LogP contribution < -0.4 is 14.8 Å². The maximum Gasteiger partial charge on any atom is 0.165 e. The molecule has 0 aromatic heterocycles. The molecule has 0 aliphatic carbocycles. The highest BCUT2D eigenvalue weighted by molar-refractivity contribution is 9.10. The van der Waals surface area contributed by atoms with Gasteiger partial charge in [-0.2, -0.15) is 0 Å². The second-order valence-corrected chi connectivity index (χ2v) is 5.41. The Morgan fingerprint density at radius 1 is 1.10 bits per heavy atom. The summed E-state index contributed by atoms with van der Waals surface area (Å²) >= 11 is 3.48. The normalized spacial score (nSPS) is 10.5. The fourth-order valence-electron chi connectivity index (χ4n) is 1.94.